The van der Waals surface area contributed by atoms with Crippen molar-refractivity contribution in [3.05, 3.63) is 76.5 Å². The van der Waals surface area contributed by atoms with Gasteiger partial charge < -0.3 is 11.1 Å². The van der Waals surface area contributed by atoms with Gasteiger partial charge in [-0.1, -0.05) is 30.3 Å². The Morgan fingerprint density at radius 3 is 2.61 bits per heavy atom. The molecule has 2 heterocycles. The number of anilines is 1. The van der Waals surface area contributed by atoms with Crippen molar-refractivity contribution in [2.24, 2.45) is 0 Å². The topological polar surface area (TPSA) is 92.7 Å². The number of aryl methyl sites for hydroxylation is 5. The molecule has 0 bridgehead atoms. The zero-order chi connectivity index (χ0) is 22.0. The van der Waals surface area contributed by atoms with Crippen molar-refractivity contribution < 1.29 is 4.79 Å². The molecule has 5 nitrogen and oxygen atoms in total. The molecule has 0 fully saturated rings. The predicted octanol–water partition coefficient (Wildman–Crippen LogP) is 4.92. The minimum absolute atomic E-state index is 0.135. The number of hydrogen-bond acceptors (Lipinski definition) is 5. The second-order valence-corrected chi connectivity index (χ2v) is 8.13. The second kappa shape index (κ2) is 8.64. The molecule has 4 rings (SSSR count). The van der Waals surface area contributed by atoms with E-state index in [-0.39, 0.29) is 5.78 Å². The van der Waals surface area contributed by atoms with E-state index < -0.39 is 0 Å². The molecule has 5 heteroatoms. The van der Waals surface area contributed by atoms with E-state index >= 15 is 0 Å². The van der Waals surface area contributed by atoms with E-state index in [4.69, 9.17) is 11.1 Å². The van der Waals surface area contributed by atoms with Gasteiger partial charge in [-0.3, -0.25) is 9.78 Å². The van der Waals surface area contributed by atoms with Crippen LogP contribution in [0.2, 0.25) is 0 Å². The first-order valence-electron chi connectivity index (χ1n) is 10.5. The van der Waals surface area contributed by atoms with Crippen LogP contribution in [0.5, 0.6) is 0 Å². The number of carbonyl (C=O) groups excluding carboxylic acids is 1. The van der Waals surface area contributed by atoms with Gasteiger partial charge in [0.1, 0.15) is 5.52 Å². The van der Waals surface area contributed by atoms with Crippen molar-refractivity contribution in [1.82, 2.24) is 9.97 Å². The van der Waals surface area contributed by atoms with Gasteiger partial charge in [-0.15, -0.1) is 0 Å². The van der Waals surface area contributed by atoms with Crippen LogP contribution in [0.15, 0.2) is 48.7 Å². The van der Waals surface area contributed by atoms with Crippen LogP contribution in [0.1, 0.15) is 34.2 Å². The lowest BCUT2D eigenvalue weighted by Crippen LogP contribution is -2.02. The Kier molecular flexibility index (Phi) is 5.76. The smallest absolute Gasteiger partial charge is 0.173 e. The molecule has 2 aromatic heterocycles. The van der Waals surface area contributed by atoms with Crippen LogP contribution in [-0.2, 0) is 24.1 Å². The molecular formula is C26H26N4O. The summed E-state index contributed by atoms with van der Waals surface area (Å²) in [6.45, 7) is 4.16. The molecule has 0 amide bonds. The number of rotatable bonds is 7. The molecule has 0 atom stereocenters. The van der Waals surface area contributed by atoms with Gasteiger partial charge in [0, 0.05) is 23.4 Å². The summed E-state index contributed by atoms with van der Waals surface area (Å²) in [4.78, 5) is 20.5. The number of fused-ring (bicyclic) bond motifs is 3. The first kappa shape index (κ1) is 20.7. The number of Topliss-reactive ketones (excluding diaryl/α,β-unsaturated/α-hetero) is 1. The van der Waals surface area contributed by atoms with Crippen molar-refractivity contribution in [3.63, 3.8) is 0 Å². The number of nitrogens with one attached hydrogen (secondary N) is 1. The van der Waals surface area contributed by atoms with Gasteiger partial charge >= 0.3 is 0 Å². The van der Waals surface area contributed by atoms with E-state index in [1.165, 1.54) is 16.7 Å². The minimum atomic E-state index is -0.135. The van der Waals surface area contributed by atoms with Gasteiger partial charge in [0.2, 0.25) is 0 Å². The molecule has 3 N–H and O–H groups in total. The summed E-state index contributed by atoms with van der Waals surface area (Å²) in [6.07, 6.45) is 5.64. The van der Waals surface area contributed by atoms with Crippen LogP contribution >= 0.6 is 0 Å². The highest BCUT2D eigenvalue weighted by Crippen LogP contribution is 2.28. The average molecular weight is 411 g/mol. The van der Waals surface area contributed by atoms with Crippen molar-refractivity contribution >= 4 is 39.6 Å². The number of ketones is 1. The van der Waals surface area contributed by atoms with Gasteiger partial charge in [-0.2, -0.15) is 0 Å². The average Bonchev–Trinajstić information content (AvgIpc) is 2.76. The second-order valence-electron chi connectivity index (χ2n) is 8.13. The molecule has 0 radical (unpaired) electrons. The molecule has 0 unspecified atom stereocenters. The van der Waals surface area contributed by atoms with Gasteiger partial charge in [0.05, 0.1) is 11.7 Å². The first-order valence-corrected chi connectivity index (χ1v) is 10.5. The van der Waals surface area contributed by atoms with Crippen LogP contribution < -0.4 is 5.73 Å². The molecule has 156 valence electrons. The summed E-state index contributed by atoms with van der Waals surface area (Å²) in [6, 6.07) is 14.8. The molecule has 2 aromatic carbocycles. The number of benzene rings is 2. The van der Waals surface area contributed by atoms with Crippen LogP contribution in [0.3, 0.4) is 0 Å². The third-order valence-corrected chi connectivity index (χ3v) is 5.78. The molecule has 4 aromatic rings. The fourth-order valence-corrected chi connectivity index (χ4v) is 4.01. The molecule has 0 aliphatic carbocycles. The highest BCUT2D eigenvalue weighted by Gasteiger charge is 2.10. The largest absolute Gasteiger partial charge is 0.382 e. The normalized spacial score (nSPS) is 11.2. The van der Waals surface area contributed by atoms with Crippen molar-refractivity contribution in [2.45, 2.75) is 39.5 Å². The van der Waals surface area contributed by atoms with E-state index in [0.717, 1.165) is 52.0 Å². The maximum absolute atomic E-state index is 11.3. The molecule has 0 spiro atoms. The quantitative estimate of drug-likeness (QED) is 0.334. The van der Waals surface area contributed by atoms with Crippen LogP contribution in [-0.4, -0.2) is 22.0 Å². The van der Waals surface area contributed by atoms with Crippen LogP contribution in [0.4, 0.5) is 5.82 Å². The highest BCUT2D eigenvalue weighted by atomic mass is 16.1. The first-order chi connectivity index (χ1) is 14.9. The minimum Gasteiger partial charge on any atom is -0.382 e. The molecule has 0 aliphatic rings. The van der Waals surface area contributed by atoms with Crippen LogP contribution in [0.25, 0.3) is 21.8 Å². The number of nitrogens with two attached hydrogens (primary N) is 1. The summed E-state index contributed by atoms with van der Waals surface area (Å²) in [5.74, 6) is 0.330. The molecular weight excluding hydrogens is 384 g/mol. The fourth-order valence-electron chi connectivity index (χ4n) is 4.01. The van der Waals surface area contributed by atoms with Crippen LogP contribution in [0, 0.1) is 19.3 Å². The maximum atomic E-state index is 11.3. The monoisotopic (exact) mass is 410 g/mol. The van der Waals surface area contributed by atoms with Gasteiger partial charge in [-0.25, -0.2) is 4.98 Å². The Labute approximate surface area is 181 Å². The van der Waals surface area contributed by atoms with Gasteiger partial charge in [0.25, 0.3) is 0 Å². The lowest BCUT2D eigenvalue weighted by atomic mass is 9.96. The zero-order valence-electron chi connectivity index (χ0n) is 17.9. The summed E-state index contributed by atoms with van der Waals surface area (Å²) < 4.78 is 0. The fraction of sp³-hybridized carbons (Fsp3) is 0.231. The van der Waals surface area contributed by atoms with Crippen molar-refractivity contribution in [3.8, 4) is 0 Å². The van der Waals surface area contributed by atoms with E-state index in [1.54, 1.807) is 0 Å². The molecule has 0 saturated carbocycles. The number of hydrogen-bond donors (Lipinski definition) is 2. The van der Waals surface area contributed by atoms with E-state index in [2.05, 4.69) is 66.3 Å². The summed E-state index contributed by atoms with van der Waals surface area (Å²) >= 11 is 0. The summed E-state index contributed by atoms with van der Waals surface area (Å²) in [5.41, 5.74) is 13.8. The van der Waals surface area contributed by atoms with Crippen molar-refractivity contribution in [1.29, 1.82) is 5.41 Å². The van der Waals surface area contributed by atoms with E-state index in [9.17, 15) is 4.79 Å². The molecule has 0 aliphatic heterocycles. The number of nitrogen functional groups attached to an aromatic ring is 1. The Morgan fingerprint density at radius 1 is 1.00 bits per heavy atom. The number of nitrogens with zero attached hydrogens (tertiary/aromatic N) is 2. The number of aromatic nitrogens is 2. The highest BCUT2D eigenvalue weighted by molar-refractivity contribution is 6.26. The number of pyridine rings is 2. The molecule has 0 saturated heterocycles. The van der Waals surface area contributed by atoms with Crippen molar-refractivity contribution in [2.75, 3.05) is 5.73 Å². The SMILES string of the molecule is Cc1ccc2c(c1)nc(N)c1ncc(CCc3ccc(CCC(=O)C=N)cc3C)cc12. The number of carbonyl (C=O) groups is 1. The predicted molar refractivity (Wildman–Crippen MR) is 127 cm³/mol. The maximum Gasteiger partial charge on any atom is 0.173 e. The van der Waals surface area contributed by atoms with Gasteiger partial charge in [0.15, 0.2) is 11.6 Å². The standard InChI is InChI=1S/C26H26N4O/c1-16-3-10-22-23-13-19(15-29-25(23)26(28)30-24(22)11-16)5-8-20-7-4-18(12-17(20)2)6-9-21(31)14-27/h3-4,7,10-15,27H,5-6,8-9H2,1-2H3,(H2,28,30). The third kappa shape index (κ3) is 4.45. The lowest BCUT2D eigenvalue weighted by molar-refractivity contribution is -0.112. The Hall–Kier alpha value is -3.60. The zero-order valence-corrected chi connectivity index (χ0v) is 17.9. The Morgan fingerprint density at radius 2 is 1.84 bits per heavy atom. The Bertz CT molecular complexity index is 1310. The summed E-state index contributed by atoms with van der Waals surface area (Å²) in [5, 5.41) is 9.13. The van der Waals surface area contributed by atoms with Gasteiger partial charge in [-0.05, 0) is 73.1 Å². The molecule has 31 heavy (non-hydrogen) atoms. The van der Waals surface area contributed by atoms with E-state index in [1.807, 2.05) is 6.20 Å². The lowest BCUT2D eigenvalue weighted by Gasteiger charge is -2.11. The van der Waals surface area contributed by atoms with E-state index in [0.29, 0.717) is 18.7 Å². The Balaban J connectivity index is 1.56. The third-order valence-electron chi connectivity index (χ3n) is 5.78. The summed E-state index contributed by atoms with van der Waals surface area (Å²) in [7, 11) is 0.